The largest absolute Gasteiger partial charge is 0.493 e. The van der Waals surface area contributed by atoms with Crippen molar-refractivity contribution >= 4 is 28.3 Å². The van der Waals surface area contributed by atoms with Gasteiger partial charge < -0.3 is 14.2 Å². The van der Waals surface area contributed by atoms with E-state index in [4.69, 9.17) is 26.1 Å². The first-order chi connectivity index (χ1) is 14.8. The van der Waals surface area contributed by atoms with Gasteiger partial charge in [0.2, 0.25) is 0 Å². The van der Waals surface area contributed by atoms with Gasteiger partial charge in [0, 0.05) is 24.8 Å². The van der Waals surface area contributed by atoms with Gasteiger partial charge >= 0.3 is 6.18 Å². The van der Waals surface area contributed by atoms with E-state index in [1.807, 2.05) is 31.0 Å². The molecule has 0 aliphatic heterocycles. The van der Waals surface area contributed by atoms with Crippen LogP contribution >= 0.6 is 11.6 Å². The minimum atomic E-state index is -4.57. The van der Waals surface area contributed by atoms with Gasteiger partial charge in [-0.2, -0.15) is 18.4 Å². The van der Waals surface area contributed by atoms with E-state index >= 15 is 0 Å². The fourth-order valence-corrected chi connectivity index (χ4v) is 3.53. The Labute approximate surface area is 182 Å². The van der Waals surface area contributed by atoms with Gasteiger partial charge in [-0.25, -0.2) is 0 Å². The minimum Gasteiger partial charge on any atom is -0.493 e. The summed E-state index contributed by atoms with van der Waals surface area (Å²) >= 11 is 6.08. The lowest BCUT2D eigenvalue weighted by molar-refractivity contribution is -0.141. The van der Waals surface area contributed by atoms with Crippen LogP contribution in [0.3, 0.4) is 0 Å². The van der Waals surface area contributed by atoms with Crippen LogP contribution in [0.1, 0.15) is 36.6 Å². The van der Waals surface area contributed by atoms with Gasteiger partial charge in [0.15, 0.2) is 11.3 Å². The number of nitriles is 1. The Morgan fingerprint density at radius 1 is 1.26 bits per heavy atom. The highest BCUT2D eigenvalue weighted by Crippen LogP contribution is 2.38. The maximum absolute atomic E-state index is 13.1. The molecule has 164 valence electrons. The second kappa shape index (κ2) is 9.48. The van der Waals surface area contributed by atoms with Crippen LogP contribution in [0.5, 0.6) is 5.75 Å². The molecule has 3 rings (SSSR count). The average molecular weight is 452 g/mol. The third-order valence-electron chi connectivity index (χ3n) is 4.88. The number of aryl methyl sites for hydroxylation is 1. The summed E-state index contributed by atoms with van der Waals surface area (Å²) in [6, 6.07) is 10.1. The molecular formula is C22H21ClF3N3O2. The van der Waals surface area contributed by atoms with Crippen molar-refractivity contribution in [2.45, 2.75) is 32.4 Å². The first-order valence-electron chi connectivity index (χ1n) is 9.78. The maximum atomic E-state index is 13.1. The summed E-state index contributed by atoms with van der Waals surface area (Å²) in [6.07, 6.45) is -2.67. The van der Waals surface area contributed by atoms with Crippen LogP contribution < -0.4 is 9.64 Å². The van der Waals surface area contributed by atoms with Crippen molar-refractivity contribution in [3.63, 3.8) is 0 Å². The molecule has 0 bridgehead atoms. The molecule has 0 aliphatic rings. The fourth-order valence-electron chi connectivity index (χ4n) is 3.31. The van der Waals surface area contributed by atoms with Crippen molar-refractivity contribution in [3.05, 3.63) is 52.2 Å². The summed E-state index contributed by atoms with van der Waals surface area (Å²) in [5, 5.41) is 12.5. The van der Waals surface area contributed by atoms with Gasteiger partial charge in [0.05, 0.1) is 22.6 Å². The van der Waals surface area contributed by atoms with Crippen LogP contribution in [-0.2, 0) is 12.6 Å². The molecular weight excluding hydrogens is 431 g/mol. The van der Waals surface area contributed by atoms with Gasteiger partial charge in [-0.05, 0) is 43.2 Å². The maximum Gasteiger partial charge on any atom is 0.437 e. The smallest absolute Gasteiger partial charge is 0.437 e. The summed E-state index contributed by atoms with van der Waals surface area (Å²) in [7, 11) is 1.90. The Balaban J connectivity index is 1.67. The summed E-state index contributed by atoms with van der Waals surface area (Å²) < 4.78 is 50.3. The Morgan fingerprint density at radius 3 is 2.68 bits per heavy atom. The molecule has 0 unspecified atom stereocenters. The Bertz CT molecular complexity index is 1110. The van der Waals surface area contributed by atoms with Crippen LogP contribution in [0.4, 0.5) is 18.9 Å². The molecule has 0 fully saturated rings. The highest BCUT2D eigenvalue weighted by Gasteiger charge is 2.37. The molecule has 0 spiro atoms. The van der Waals surface area contributed by atoms with Crippen molar-refractivity contribution in [1.29, 1.82) is 5.26 Å². The van der Waals surface area contributed by atoms with Gasteiger partial charge in [-0.1, -0.05) is 30.1 Å². The van der Waals surface area contributed by atoms with Crippen LogP contribution in [-0.4, -0.2) is 25.4 Å². The summed E-state index contributed by atoms with van der Waals surface area (Å²) in [4.78, 5) is 1.98. The lowest BCUT2D eigenvalue weighted by Gasteiger charge is -2.20. The van der Waals surface area contributed by atoms with Gasteiger partial charge in [-0.3, -0.25) is 0 Å². The topological polar surface area (TPSA) is 62.3 Å². The third-order valence-corrected chi connectivity index (χ3v) is 5.19. The van der Waals surface area contributed by atoms with Gasteiger partial charge in [0.1, 0.15) is 11.8 Å². The van der Waals surface area contributed by atoms with E-state index in [-0.39, 0.29) is 11.0 Å². The fraction of sp³-hybridized carbons (Fsp3) is 0.364. The summed E-state index contributed by atoms with van der Waals surface area (Å²) in [6.45, 7) is 2.96. The second-order valence-electron chi connectivity index (χ2n) is 7.10. The number of benzene rings is 2. The van der Waals surface area contributed by atoms with E-state index < -0.39 is 11.9 Å². The molecule has 2 aromatic carbocycles. The average Bonchev–Trinajstić information content (AvgIpc) is 3.17. The minimum absolute atomic E-state index is 0.0549. The number of aromatic nitrogens is 1. The predicted molar refractivity (Wildman–Crippen MR) is 113 cm³/mol. The number of fused-ring (bicyclic) bond motifs is 1. The first-order valence-corrected chi connectivity index (χ1v) is 10.2. The molecule has 0 atom stereocenters. The molecule has 0 saturated carbocycles. The van der Waals surface area contributed by atoms with Crippen molar-refractivity contribution in [2.75, 3.05) is 25.1 Å². The SMILES string of the molecule is CCCc1c(OCCCN(C)c2ccc(C#N)c(Cl)c2)ccc2c(C(F)(F)F)noc12. The number of hydrogen-bond donors (Lipinski definition) is 0. The van der Waals surface area contributed by atoms with E-state index in [1.54, 1.807) is 18.2 Å². The van der Waals surface area contributed by atoms with Gasteiger partial charge in [0.25, 0.3) is 0 Å². The molecule has 3 aromatic rings. The first kappa shape index (κ1) is 22.8. The highest BCUT2D eigenvalue weighted by atomic mass is 35.5. The Kier molecular flexibility index (Phi) is 6.96. The Hall–Kier alpha value is -2.92. The Morgan fingerprint density at radius 2 is 2.03 bits per heavy atom. The number of halogens is 4. The molecule has 0 N–H and O–H groups in total. The van der Waals surface area contributed by atoms with Crippen molar-refractivity contribution in [2.24, 2.45) is 0 Å². The summed E-state index contributed by atoms with van der Waals surface area (Å²) in [5.74, 6) is 0.503. The van der Waals surface area contributed by atoms with Crippen LogP contribution in [0.25, 0.3) is 11.0 Å². The molecule has 0 aliphatic carbocycles. The highest BCUT2D eigenvalue weighted by molar-refractivity contribution is 6.32. The van der Waals surface area contributed by atoms with Crippen LogP contribution in [0.2, 0.25) is 5.02 Å². The lowest BCUT2D eigenvalue weighted by Crippen LogP contribution is -2.20. The molecule has 31 heavy (non-hydrogen) atoms. The van der Waals surface area contributed by atoms with E-state index in [1.165, 1.54) is 6.07 Å². The standard InChI is InChI=1S/C22H21ClF3N3O2/c1-3-5-16-19(9-8-17-20(16)31-28-21(17)22(24,25)26)30-11-4-10-29(2)15-7-6-14(13-27)18(23)12-15/h6-9,12H,3-5,10-11H2,1-2H3. The zero-order valence-electron chi connectivity index (χ0n) is 17.1. The van der Waals surface area contributed by atoms with Crippen LogP contribution in [0, 0.1) is 11.3 Å². The number of alkyl halides is 3. The molecule has 0 saturated heterocycles. The number of ether oxygens (including phenoxy) is 1. The van der Waals surface area contributed by atoms with E-state index in [0.717, 1.165) is 12.1 Å². The molecule has 0 radical (unpaired) electrons. The second-order valence-corrected chi connectivity index (χ2v) is 7.50. The molecule has 1 heterocycles. The van der Waals surface area contributed by atoms with E-state index in [2.05, 4.69) is 5.16 Å². The normalized spacial score (nSPS) is 11.5. The number of nitrogens with zero attached hydrogens (tertiary/aromatic N) is 3. The number of hydrogen-bond acceptors (Lipinski definition) is 5. The monoisotopic (exact) mass is 451 g/mol. The zero-order chi connectivity index (χ0) is 22.6. The number of anilines is 1. The van der Waals surface area contributed by atoms with Crippen molar-refractivity contribution in [1.82, 2.24) is 5.16 Å². The zero-order valence-corrected chi connectivity index (χ0v) is 17.8. The summed E-state index contributed by atoms with van der Waals surface area (Å²) in [5.41, 5.74) is 0.987. The third kappa shape index (κ3) is 5.05. The lowest BCUT2D eigenvalue weighted by atomic mass is 10.0. The van der Waals surface area contributed by atoms with Crippen LogP contribution in [0.15, 0.2) is 34.9 Å². The van der Waals surface area contributed by atoms with Crippen molar-refractivity contribution in [3.8, 4) is 11.8 Å². The predicted octanol–water partition coefficient (Wildman–Crippen LogP) is 6.23. The molecule has 9 heteroatoms. The quantitative estimate of drug-likeness (QED) is 0.380. The molecule has 0 amide bonds. The van der Waals surface area contributed by atoms with Gasteiger partial charge in [-0.15, -0.1) is 0 Å². The van der Waals surface area contributed by atoms with E-state index in [9.17, 15) is 13.2 Å². The molecule has 1 aromatic heterocycles. The number of rotatable bonds is 8. The molecule has 5 nitrogen and oxygen atoms in total. The van der Waals surface area contributed by atoms with Crippen molar-refractivity contribution < 1.29 is 22.4 Å². The van der Waals surface area contributed by atoms with E-state index in [0.29, 0.717) is 47.9 Å².